The van der Waals surface area contributed by atoms with Gasteiger partial charge < -0.3 is 5.11 Å². The third kappa shape index (κ3) is 2.76. The highest BCUT2D eigenvalue weighted by Gasteiger charge is 2.25. The highest BCUT2D eigenvalue weighted by molar-refractivity contribution is 5.70. The van der Waals surface area contributed by atoms with Gasteiger partial charge in [0.25, 0.3) is 0 Å². The summed E-state index contributed by atoms with van der Waals surface area (Å²) in [7, 11) is 0. The lowest BCUT2D eigenvalue weighted by Crippen LogP contribution is -2.36. The number of carboxylic acid groups (broad SMARTS) is 1. The summed E-state index contributed by atoms with van der Waals surface area (Å²) in [5.41, 5.74) is 2.60. The number of fused-ring (bicyclic) bond motifs is 1. The van der Waals surface area contributed by atoms with Gasteiger partial charge in [-0.15, -0.1) is 0 Å². The van der Waals surface area contributed by atoms with Crippen molar-refractivity contribution < 1.29 is 14.3 Å². The van der Waals surface area contributed by atoms with E-state index in [-0.39, 0.29) is 11.7 Å². The summed E-state index contributed by atoms with van der Waals surface area (Å²) in [5, 5.41) is 9.02. The number of halogens is 1. The Balaban J connectivity index is 1.78. The molecule has 112 valence electrons. The fourth-order valence-electron chi connectivity index (χ4n) is 2.93. The van der Waals surface area contributed by atoms with E-state index in [4.69, 9.17) is 5.11 Å². The molecule has 1 N–H and O–H groups in total. The molecule has 3 rings (SSSR count). The lowest BCUT2D eigenvalue weighted by atomic mass is 9.97. The van der Waals surface area contributed by atoms with Gasteiger partial charge in [-0.3, -0.25) is 14.1 Å². The molecule has 3 heterocycles. The molecule has 6 heteroatoms. The first-order chi connectivity index (χ1) is 10.0. The zero-order valence-electron chi connectivity index (χ0n) is 11.9. The molecule has 0 radical (unpaired) electrons. The molecule has 1 fully saturated rings. The predicted octanol–water partition coefficient (Wildman–Crippen LogP) is 2.08. The lowest BCUT2D eigenvalue weighted by Gasteiger charge is -2.29. The molecule has 21 heavy (non-hydrogen) atoms. The molecular formula is C15H18FN3O2. The first kappa shape index (κ1) is 14.0. The van der Waals surface area contributed by atoms with Crippen LogP contribution in [0.4, 0.5) is 4.39 Å². The summed E-state index contributed by atoms with van der Waals surface area (Å²) in [4.78, 5) is 17.6. The minimum Gasteiger partial charge on any atom is -0.481 e. The maximum absolute atomic E-state index is 13.4. The van der Waals surface area contributed by atoms with Gasteiger partial charge in [0.05, 0.1) is 17.3 Å². The van der Waals surface area contributed by atoms with Crippen molar-refractivity contribution in [2.24, 2.45) is 5.92 Å². The molecule has 0 atom stereocenters. The van der Waals surface area contributed by atoms with Gasteiger partial charge in [-0.1, -0.05) is 0 Å². The van der Waals surface area contributed by atoms with Crippen molar-refractivity contribution in [1.29, 1.82) is 0 Å². The summed E-state index contributed by atoms with van der Waals surface area (Å²) < 4.78 is 15.2. The van der Waals surface area contributed by atoms with Crippen LogP contribution < -0.4 is 0 Å². The first-order valence-corrected chi connectivity index (χ1v) is 7.13. The third-order valence-electron chi connectivity index (χ3n) is 4.19. The van der Waals surface area contributed by atoms with E-state index in [0.29, 0.717) is 19.4 Å². The largest absolute Gasteiger partial charge is 0.481 e. The Morgan fingerprint density at radius 2 is 2.14 bits per heavy atom. The molecule has 1 aliphatic heterocycles. The maximum Gasteiger partial charge on any atom is 0.306 e. The van der Waals surface area contributed by atoms with Crippen LogP contribution in [-0.2, 0) is 11.3 Å². The van der Waals surface area contributed by atoms with Crippen LogP contribution in [0.5, 0.6) is 0 Å². The van der Waals surface area contributed by atoms with Gasteiger partial charge in [-0.2, -0.15) is 0 Å². The second kappa shape index (κ2) is 5.44. The molecule has 0 amide bonds. The van der Waals surface area contributed by atoms with Gasteiger partial charge in [0.1, 0.15) is 11.5 Å². The van der Waals surface area contributed by atoms with E-state index < -0.39 is 5.97 Å². The van der Waals surface area contributed by atoms with Crippen molar-refractivity contribution in [1.82, 2.24) is 14.3 Å². The summed E-state index contributed by atoms with van der Waals surface area (Å²) in [5.74, 6) is -1.23. The maximum atomic E-state index is 13.4. The van der Waals surface area contributed by atoms with E-state index in [1.165, 1.54) is 12.3 Å². The lowest BCUT2D eigenvalue weighted by molar-refractivity contribution is -0.143. The molecule has 0 unspecified atom stereocenters. The van der Waals surface area contributed by atoms with Gasteiger partial charge in [-0.25, -0.2) is 9.37 Å². The molecule has 0 bridgehead atoms. The monoisotopic (exact) mass is 291 g/mol. The van der Waals surface area contributed by atoms with Crippen LogP contribution in [0.3, 0.4) is 0 Å². The summed E-state index contributed by atoms with van der Waals surface area (Å²) in [6.07, 6.45) is 2.79. The summed E-state index contributed by atoms with van der Waals surface area (Å²) in [6.45, 7) is 4.09. The number of aliphatic carboxylic acids is 1. The second-order valence-corrected chi connectivity index (χ2v) is 5.61. The summed E-state index contributed by atoms with van der Waals surface area (Å²) in [6, 6.07) is 3.08. The van der Waals surface area contributed by atoms with Crippen molar-refractivity contribution >= 4 is 11.6 Å². The van der Waals surface area contributed by atoms with Crippen LogP contribution in [0.15, 0.2) is 18.3 Å². The predicted molar refractivity (Wildman–Crippen MR) is 75.5 cm³/mol. The van der Waals surface area contributed by atoms with Gasteiger partial charge in [-0.05, 0) is 45.0 Å². The second-order valence-electron chi connectivity index (χ2n) is 5.61. The molecule has 2 aromatic rings. The van der Waals surface area contributed by atoms with Gasteiger partial charge in [0, 0.05) is 12.7 Å². The molecule has 0 aromatic carbocycles. The minimum absolute atomic E-state index is 0.234. The number of aryl methyl sites for hydroxylation is 1. The van der Waals surface area contributed by atoms with Crippen LogP contribution in [0.2, 0.25) is 0 Å². The number of rotatable bonds is 3. The zero-order valence-corrected chi connectivity index (χ0v) is 11.9. The molecular weight excluding hydrogens is 273 g/mol. The fourth-order valence-corrected chi connectivity index (χ4v) is 2.93. The average Bonchev–Trinajstić information content (AvgIpc) is 2.76. The molecule has 1 aliphatic rings. The van der Waals surface area contributed by atoms with Crippen molar-refractivity contribution in [3.05, 3.63) is 35.5 Å². The Bertz CT molecular complexity index is 675. The topological polar surface area (TPSA) is 57.8 Å². The Morgan fingerprint density at radius 3 is 2.81 bits per heavy atom. The molecule has 0 spiro atoms. The van der Waals surface area contributed by atoms with Crippen LogP contribution in [0.25, 0.3) is 5.65 Å². The normalized spacial score (nSPS) is 17.4. The van der Waals surface area contributed by atoms with Crippen molar-refractivity contribution in [2.75, 3.05) is 13.1 Å². The number of likely N-dealkylation sites (tertiary alicyclic amines) is 1. The van der Waals surface area contributed by atoms with Crippen molar-refractivity contribution in [3.8, 4) is 0 Å². The Morgan fingerprint density at radius 1 is 1.43 bits per heavy atom. The fraction of sp³-hybridized carbons (Fsp3) is 0.467. The number of nitrogens with zero attached hydrogens (tertiary/aromatic N) is 3. The van der Waals surface area contributed by atoms with Crippen molar-refractivity contribution in [3.63, 3.8) is 0 Å². The van der Waals surface area contributed by atoms with E-state index in [0.717, 1.165) is 30.1 Å². The number of piperidine rings is 1. The number of hydrogen-bond donors (Lipinski definition) is 1. The van der Waals surface area contributed by atoms with Gasteiger partial charge >= 0.3 is 5.97 Å². The molecule has 0 saturated carbocycles. The van der Waals surface area contributed by atoms with Crippen LogP contribution in [-0.4, -0.2) is 38.4 Å². The van der Waals surface area contributed by atoms with Crippen LogP contribution >= 0.6 is 0 Å². The van der Waals surface area contributed by atoms with Crippen LogP contribution in [0, 0.1) is 18.7 Å². The molecule has 0 aliphatic carbocycles. The van der Waals surface area contributed by atoms with Gasteiger partial charge in [0.15, 0.2) is 0 Å². The number of hydrogen-bond acceptors (Lipinski definition) is 3. The van der Waals surface area contributed by atoms with E-state index in [2.05, 4.69) is 9.88 Å². The smallest absolute Gasteiger partial charge is 0.306 e. The zero-order chi connectivity index (χ0) is 15.0. The Hall–Kier alpha value is -1.95. The molecule has 5 nitrogen and oxygen atoms in total. The third-order valence-corrected chi connectivity index (χ3v) is 4.19. The standard InChI is InChI=1S/C15H18FN3O2/c1-10-13(19-8-12(16)2-3-14(19)17-10)9-18-6-4-11(5-7-18)15(20)21/h2-3,8,11H,4-7,9H2,1H3,(H,20,21). The van der Waals surface area contributed by atoms with Crippen LogP contribution in [0.1, 0.15) is 24.2 Å². The van der Waals surface area contributed by atoms with E-state index in [9.17, 15) is 9.18 Å². The number of pyridine rings is 1. The Kier molecular flexibility index (Phi) is 3.63. The quantitative estimate of drug-likeness (QED) is 0.940. The number of aromatic nitrogens is 2. The number of carbonyl (C=O) groups is 1. The summed E-state index contributed by atoms with van der Waals surface area (Å²) >= 11 is 0. The number of carboxylic acids is 1. The highest BCUT2D eigenvalue weighted by Crippen LogP contribution is 2.21. The minimum atomic E-state index is -0.706. The van der Waals surface area contributed by atoms with E-state index >= 15 is 0 Å². The number of imidazole rings is 1. The highest BCUT2D eigenvalue weighted by atomic mass is 19.1. The van der Waals surface area contributed by atoms with Gasteiger partial charge in [0.2, 0.25) is 0 Å². The van der Waals surface area contributed by atoms with E-state index in [1.807, 2.05) is 6.92 Å². The Labute approximate surface area is 122 Å². The average molecular weight is 291 g/mol. The SMILES string of the molecule is Cc1nc2ccc(F)cn2c1CN1CCC(C(=O)O)CC1. The molecule has 2 aromatic heterocycles. The van der Waals surface area contributed by atoms with Crippen molar-refractivity contribution in [2.45, 2.75) is 26.3 Å². The van der Waals surface area contributed by atoms with E-state index in [1.54, 1.807) is 10.5 Å². The first-order valence-electron chi connectivity index (χ1n) is 7.13. The molecule has 1 saturated heterocycles.